The van der Waals surface area contributed by atoms with Crippen molar-refractivity contribution in [1.29, 1.82) is 0 Å². The first kappa shape index (κ1) is 13.4. The van der Waals surface area contributed by atoms with Gasteiger partial charge in [-0.05, 0) is 36.8 Å². The SMILES string of the molecule is CNc1ccc(Cl)c(C(=O)Nc2cccc(C)c2)n1. The monoisotopic (exact) mass is 275 g/mol. The topological polar surface area (TPSA) is 54.0 Å². The Labute approximate surface area is 116 Å². The number of carbonyl (C=O) groups excluding carboxylic acids is 1. The van der Waals surface area contributed by atoms with Gasteiger partial charge in [-0.1, -0.05) is 23.7 Å². The molecule has 0 bridgehead atoms. The number of nitrogens with zero attached hydrogens (tertiary/aromatic N) is 1. The molecular formula is C14H14ClN3O. The lowest BCUT2D eigenvalue weighted by molar-refractivity contribution is 0.102. The van der Waals surface area contributed by atoms with Crippen LogP contribution in [0.3, 0.4) is 0 Å². The van der Waals surface area contributed by atoms with E-state index in [1.807, 2.05) is 31.2 Å². The second-order valence-electron chi connectivity index (χ2n) is 4.10. The average molecular weight is 276 g/mol. The van der Waals surface area contributed by atoms with Crippen molar-refractivity contribution in [2.45, 2.75) is 6.92 Å². The van der Waals surface area contributed by atoms with Crippen LogP contribution in [0.5, 0.6) is 0 Å². The summed E-state index contributed by atoms with van der Waals surface area (Å²) in [6, 6.07) is 10.9. The molecule has 19 heavy (non-hydrogen) atoms. The summed E-state index contributed by atoms with van der Waals surface area (Å²) in [6.45, 7) is 1.96. The molecule has 0 saturated carbocycles. The van der Waals surface area contributed by atoms with Gasteiger partial charge in [0.1, 0.15) is 11.5 Å². The molecule has 0 fully saturated rings. The van der Waals surface area contributed by atoms with Crippen molar-refractivity contribution in [2.24, 2.45) is 0 Å². The molecule has 4 nitrogen and oxygen atoms in total. The number of amides is 1. The van der Waals surface area contributed by atoms with E-state index in [-0.39, 0.29) is 11.6 Å². The van der Waals surface area contributed by atoms with E-state index in [0.717, 1.165) is 11.3 Å². The maximum atomic E-state index is 12.1. The first-order valence-electron chi connectivity index (χ1n) is 5.82. The van der Waals surface area contributed by atoms with Gasteiger partial charge < -0.3 is 10.6 Å². The van der Waals surface area contributed by atoms with E-state index < -0.39 is 0 Å². The molecule has 0 spiro atoms. The van der Waals surface area contributed by atoms with Crippen LogP contribution in [0.1, 0.15) is 16.1 Å². The molecule has 2 N–H and O–H groups in total. The summed E-state index contributed by atoms with van der Waals surface area (Å²) in [4.78, 5) is 16.3. The first-order valence-corrected chi connectivity index (χ1v) is 6.20. The predicted octanol–water partition coefficient (Wildman–Crippen LogP) is 3.34. The van der Waals surface area contributed by atoms with E-state index in [2.05, 4.69) is 15.6 Å². The summed E-state index contributed by atoms with van der Waals surface area (Å²) < 4.78 is 0. The van der Waals surface area contributed by atoms with E-state index in [1.54, 1.807) is 19.2 Å². The summed E-state index contributed by atoms with van der Waals surface area (Å²) >= 11 is 5.99. The zero-order chi connectivity index (χ0) is 13.8. The standard InChI is InChI=1S/C14H14ClN3O/c1-9-4-3-5-10(8-9)17-14(19)13-11(15)6-7-12(16-2)18-13/h3-8H,1-2H3,(H,16,18)(H,17,19). The third kappa shape index (κ3) is 3.23. The van der Waals surface area contributed by atoms with Gasteiger partial charge in [0.25, 0.3) is 5.91 Å². The Kier molecular flexibility index (Phi) is 4.02. The van der Waals surface area contributed by atoms with Gasteiger partial charge in [-0.25, -0.2) is 4.98 Å². The van der Waals surface area contributed by atoms with Gasteiger partial charge in [0.05, 0.1) is 5.02 Å². The normalized spacial score (nSPS) is 10.1. The van der Waals surface area contributed by atoms with Crippen LogP contribution >= 0.6 is 11.6 Å². The van der Waals surface area contributed by atoms with E-state index >= 15 is 0 Å². The third-order valence-electron chi connectivity index (χ3n) is 2.59. The number of nitrogens with one attached hydrogen (secondary N) is 2. The Morgan fingerprint density at radius 2 is 2.05 bits per heavy atom. The fraction of sp³-hybridized carbons (Fsp3) is 0.143. The summed E-state index contributed by atoms with van der Waals surface area (Å²) in [6.07, 6.45) is 0. The number of carbonyl (C=O) groups is 1. The highest BCUT2D eigenvalue weighted by Crippen LogP contribution is 2.18. The molecule has 1 aromatic heterocycles. The molecule has 1 aromatic carbocycles. The number of aryl methyl sites for hydroxylation is 1. The highest BCUT2D eigenvalue weighted by Gasteiger charge is 2.13. The number of anilines is 2. The van der Waals surface area contributed by atoms with Gasteiger partial charge in [0.2, 0.25) is 0 Å². The quantitative estimate of drug-likeness (QED) is 0.903. The van der Waals surface area contributed by atoms with Gasteiger partial charge in [0, 0.05) is 12.7 Å². The van der Waals surface area contributed by atoms with Crippen LogP contribution in [-0.2, 0) is 0 Å². The number of hydrogen-bond acceptors (Lipinski definition) is 3. The molecule has 0 saturated heterocycles. The second kappa shape index (κ2) is 5.71. The smallest absolute Gasteiger partial charge is 0.275 e. The number of aromatic nitrogens is 1. The Morgan fingerprint density at radius 3 is 2.74 bits per heavy atom. The fourth-order valence-corrected chi connectivity index (χ4v) is 1.84. The van der Waals surface area contributed by atoms with Crippen LogP contribution in [0.25, 0.3) is 0 Å². The molecule has 0 aliphatic rings. The third-order valence-corrected chi connectivity index (χ3v) is 2.90. The van der Waals surface area contributed by atoms with Gasteiger partial charge in [-0.2, -0.15) is 0 Å². The largest absolute Gasteiger partial charge is 0.373 e. The van der Waals surface area contributed by atoms with Gasteiger partial charge >= 0.3 is 0 Å². The van der Waals surface area contributed by atoms with Gasteiger partial charge in [0.15, 0.2) is 0 Å². The Balaban J connectivity index is 2.25. The maximum absolute atomic E-state index is 12.1. The summed E-state index contributed by atoms with van der Waals surface area (Å²) in [5.74, 6) is 0.270. The van der Waals surface area contributed by atoms with Crippen molar-refractivity contribution in [3.8, 4) is 0 Å². The number of hydrogen-bond donors (Lipinski definition) is 2. The van der Waals surface area contributed by atoms with Gasteiger partial charge in [-0.15, -0.1) is 0 Å². The molecule has 0 radical (unpaired) electrons. The predicted molar refractivity (Wildman–Crippen MR) is 77.9 cm³/mol. The number of benzene rings is 1. The van der Waals surface area contributed by atoms with Crippen LogP contribution in [-0.4, -0.2) is 17.9 Å². The average Bonchev–Trinajstić information content (AvgIpc) is 2.39. The minimum absolute atomic E-state index is 0.204. The van der Waals surface area contributed by atoms with Crippen LogP contribution < -0.4 is 10.6 Å². The highest BCUT2D eigenvalue weighted by molar-refractivity contribution is 6.34. The zero-order valence-corrected chi connectivity index (χ0v) is 11.5. The van der Waals surface area contributed by atoms with E-state index in [9.17, 15) is 4.79 Å². The molecule has 5 heteroatoms. The first-order chi connectivity index (χ1) is 9.10. The van der Waals surface area contributed by atoms with Crippen molar-refractivity contribution in [2.75, 3.05) is 17.7 Å². The molecule has 0 aliphatic carbocycles. The van der Waals surface area contributed by atoms with Crippen molar-refractivity contribution in [3.63, 3.8) is 0 Å². The van der Waals surface area contributed by atoms with Crippen LogP contribution in [0.4, 0.5) is 11.5 Å². The fourth-order valence-electron chi connectivity index (χ4n) is 1.65. The van der Waals surface area contributed by atoms with E-state index in [4.69, 9.17) is 11.6 Å². The number of rotatable bonds is 3. The van der Waals surface area contributed by atoms with Crippen molar-refractivity contribution < 1.29 is 4.79 Å². The number of pyridine rings is 1. The molecular weight excluding hydrogens is 262 g/mol. The lowest BCUT2D eigenvalue weighted by Crippen LogP contribution is -2.15. The molecule has 98 valence electrons. The summed E-state index contributed by atoms with van der Waals surface area (Å²) in [5.41, 5.74) is 1.99. The molecule has 0 atom stereocenters. The molecule has 0 unspecified atom stereocenters. The molecule has 2 rings (SSSR count). The van der Waals surface area contributed by atoms with Crippen LogP contribution in [0.2, 0.25) is 5.02 Å². The Bertz CT molecular complexity index is 613. The van der Waals surface area contributed by atoms with E-state index in [0.29, 0.717) is 10.8 Å². The number of halogens is 1. The Hall–Kier alpha value is -2.07. The lowest BCUT2D eigenvalue weighted by Gasteiger charge is -2.08. The summed E-state index contributed by atoms with van der Waals surface area (Å²) in [7, 11) is 1.73. The molecule has 2 aromatic rings. The van der Waals surface area contributed by atoms with Crippen LogP contribution in [0, 0.1) is 6.92 Å². The lowest BCUT2D eigenvalue weighted by atomic mass is 10.2. The minimum Gasteiger partial charge on any atom is -0.373 e. The van der Waals surface area contributed by atoms with Crippen molar-refractivity contribution in [1.82, 2.24) is 4.98 Å². The highest BCUT2D eigenvalue weighted by atomic mass is 35.5. The Morgan fingerprint density at radius 1 is 1.26 bits per heavy atom. The second-order valence-corrected chi connectivity index (χ2v) is 4.51. The van der Waals surface area contributed by atoms with Gasteiger partial charge in [-0.3, -0.25) is 4.79 Å². The summed E-state index contributed by atoms with van der Waals surface area (Å²) in [5, 5.41) is 5.97. The minimum atomic E-state index is -0.326. The molecule has 1 heterocycles. The zero-order valence-electron chi connectivity index (χ0n) is 10.7. The molecule has 1 amide bonds. The molecule has 0 aliphatic heterocycles. The van der Waals surface area contributed by atoms with Crippen molar-refractivity contribution >= 4 is 29.0 Å². The van der Waals surface area contributed by atoms with E-state index in [1.165, 1.54) is 0 Å². The van der Waals surface area contributed by atoms with Crippen LogP contribution in [0.15, 0.2) is 36.4 Å². The maximum Gasteiger partial charge on any atom is 0.275 e. The van der Waals surface area contributed by atoms with Crippen molar-refractivity contribution in [3.05, 3.63) is 52.7 Å².